The summed E-state index contributed by atoms with van der Waals surface area (Å²) in [4.78, 5) is 22.8. The first-order valence-corrected chi connectivity index (χ1v) is 7.76. The average molecular weight is 365 g/mol. The van der Waals surface area contributed by atoms with Crippen molar-refractivity contribution >= 4 is 33.5 Å². The van der Waals surface area contributed by atoms with Gasteiger partial charge in [0.2, 0.25) is 0 Å². The van der Waals surface area contributed by atoms with E-state index in [1.165, 1.54) is 0 Å². The fourth-order valence-electron chi connectivity index (χ4n) is 2.13. The highest BCUT2D eigenvalue weighted by atomic mass is 79.9. The number of carbonyl (C=O) groups is 2. The van der Waals surface area contributed by atoms with Gasteiger partial charge in [-0.05, 0) is 53.0 Å². The van der Waals surface area contributed by atoms with Gasteiger partial charge in [0.15, 0.2) is 0 Å². The number of hydrogen-bond acceptors (Lipinski definition) is 2. The van der Waals surface area contributed by atoms with E-state index in [0.717, 1.165) is 10.0 Å². The molecule has 0 fully saturated rings. The maximum atomic E-state index is 12.3. The first-order chi connectivity index (χ1) is 10.5. The van der Waals surface area contributed by atoms with E-state index in [9.17, 15) is 9.59 Å². The Bertz CT molecular complexity index is 677. The molecule has 1 amide bonds. The summed E-state index contributed by atoms with van der Waals surface area (Å²) >= 11 is 3.37. The van der Waals surface area contributed by atoms with Gasteiger partial charge in [0.1, 0.15) is 5.69 Å². The summed E-state index contributed by atoms with van der Waals surface area (Å²) in [5.74, 6) is -0.992. The molecule has 116 valence electrons. The molecule has 1 aromatic heterocycles. The molecule has 0 atom stereocenters. The van der Waals surface area contributed by atoms with Crippen molar-refractivity contribution in [3.05, 3.63) is 52.3 Å². The highest BCUT2D eigenvalue weighted by molar-refractivity contribution is 9.10. The number of carboxylic acid groups (broad SMARTS) is 1. The third-order valence-electron chi connectivity index (χ3n) is 3.28. The number of carboxylic acids is 1. The van der Waals surface area contributed by atoms with Crippen LogP contribution < -0.4 is 5.32 Å². The molecule has 22 heavy (non-hydrogen) atoms. The molecule has 1 heterocycles. The minimum Gasteiger partial charge on any atom is -0.481 e. The molecule has 0 saturated heterocycles. The second-order valence-corrected chi connectivity index (χ2v) is 5.79. The highest BCUT2D eigenvalue weighted by Crippen LogP contribution is 2.17. The summed E-state index contributed by atoms with van der Waals surface area (Å²) in [5, 5.41) is 11.5. The lowest BCUT2D eigenvalue weighted by molar-refractivity contribution is -0.136. The molecular weight excluding hydrogens is 348 g/mol. The zero-order valence-corrected chi connectivity index (χ0v) is 13.8. The standard InChI is InChI=1S/C16H17BrN2O3/c1-2-19-10-12(17)9-14(19)16(22)18-13-6-3-11(4-7-13)5-8-15(20)21/h3-4,6-7,9-10H,2,5,8H2,1H3,(H,18,22)(H,20,21). The molecule has 0 aliphatic carbocycles. The van der Waals surface area contributed by atoms with Crippen LogP contribution in [0.3, 0.4) is 0 Å². The van der Waals surface area contributed by atoms with E-state index in [1.54, 1.807) is 18.2 Å². The van der Waals surface area contributed by atoms with Gasteiger partial charge >= 0.3 is 5.97 Å². The number of halogens is 1. The van der Waals surface area contributed by atoms with Crippen LogP contribution in [0, 0.1) is 0 Å². The third kappa shape index (κ3) is 4.21. The van der Waals surface area contributed by atoms with Gasteiger partial charge in [0.25, 0.3) is 5.91 Å². The van der Waals surface area contributed by atoms with E-state index in [1.807, 2.05) is 29.8 Å². The quantitative estimate of drug-likeness (QED) is 0.823. The van der Waals surface area contributed by atoms with E-state index in [-0.39, 0.29) is 12.3 Å². The Balaban J connectivity index is 2.03. The van der Waals surface area contributed by atoms with E-state index in [4.69, 9.17) is 5.11 Å². The van der Waals surface area contributed by atoms with Crippen LogP contribution >= 0.6 is 15.9 Å². The number of aryl methyl sites for hydroxylation is 2. The van der Waals surface area contributed by atoms with E-state index >= 15 is 0 Å². The van der Waals surface area contributed by atoms with Gasteiger partial charge in [-0.25, -0.2) is 0 Å². The predicted molar refractivity (Wildman–Crippen MR) is 88.2 cm³/mol. The second-order valence-electron chi connectivity index (χ2n) is 4.87. The Morgan fingerprint density at radius 2 is 1.95 bits per heavy atom. The minimum absolute atomic E-state index is 0.101. The Morgan fingerprint density at radius 1 is 1.27 bits per heavy atom. The van der Waals surface area contributed by atoms with Crippen molar-refractivity contribution in [2.45, 2.75) is 26.3 Å². The Labute approximate surface area is 137 Å². The number of aliphatic carboxylic acids is 1. The number of nitrogens with zero attached hydrogens (tertiary/aromatic N) is 1. The van der Waals surface area contributed by atoms with Gasteiger partial charge in [-0.3, -0.25) is 9.59 Å². The average Bonchev–Trinajstić information content (AvgIpc) is 2.87. The summed E-state index contributed by atoms with van der Waals surface area (Å²) in [7, 11) is 0. The maximum Gasteiger partial charge on any atom is 0.303 e. The van der Waals surface area contributed by atoms with Gasteiger partial charge in [0.05, 0.1) is 0 Å². The molecular formula is C16H17BrN2O3. The number of rotatable bonds is 6. The molecule has 5 nitrogen and oxygen atoms in total. The van der Waals surface area contributed by atoms with Crippen LogP contribution in [0.15, 0.2) is 41.0 Å². The lowest BCUT2D eigenvalue weighted by Gasteiger charge is -2.08. The number of amides is 1. The van der Waals surface area contributed by atoms with E-state index in [0.29, 0.717) is 24.3 Å². The molecule has 0 aliphatic rings. The fraction of sp³-hybridized carbons (Fsp3) is 0.250. The van der Waals surface area contributed by atoms with Gasteiger partial charge in [-0.1, -0.05) is 12.1 Å². The van der Waals surface area contributed by atoms with Gasteiger partial charge in [-0.15, -0.1) is 0 Å². The minimum atomic E-state index is -0.816. The van der Waals surface area contributed by atoms with Gasteiger partial charge < -0.3 is 15.0 Å². The number of nitrogens with one attached hydrogen (secondary N) is 1. The summed E-state index contributed by atoms with van der Waals surface area (Å²) < 4.78 is 2.73. The molecule has 2 aromatic rings. The van der Waals surface area contributed by atoms with Crippen molar-refractivity contribution in [3.8, 4) is 0 Å². The van der Waals surface area contributed by atoms with Gasteiger partial charge in [0, 0.05) is 29.3 Å². The molecule has 0 spiro atoms. The van der Waals surface area contributed by atoms with Crippen LogP contribution in [0.2, 0.25) is 0 Å². The van der Waals surface area contributed by atoms with E-state index in [2.05, 4.69) is 21.2 Å². The zero-order valence-electron chi connectivity index (χ0n) is 12.2. The topological polar surface area (TPSA) is 71.3 Å². The van der Waals surface area contributed by atoms with Crippen molar-refractivity contribution in [2.75, 3.05) is 5.32 Å². The van der Waals surface area contributed by atoms with Crippen LogP contribution in [0.1, 0.15) is 29.4 Å². The predicted octanol–water partition coefficient (Wildman–Crippen LogP) is 3.54. The van der Waals surface area contributed by atoms with Crippen LogP contribution in [0.5, 0.6) is 0 Å². The van der Waals surface area contributed by atoms with Crippen LogP contribution in [-0.2, 0) is 17.8 Å². The van der Waals surface area contributed by atoms with Crippen molar-refractivity contribution in [1.82, 2.24) is 4.57 Å². The Morgan fingerprint density at radius 3 is 2.55 bits per heavy atom. The monoisotopic (exact) mass is 364 g/mol. The summed E-state index contributed by atoms with van der Waals surface area (Å²) in [5.41, 5.74) is 2.20. The summed E-state index contributed by atoms with van der Waals surface area (Å²) in [6.45, 7) is 2.68. The Hall–Kier alpha value is -2.08. The van der Waals surface area contributed by atoms with Crippen LogP contribution in [0.4, 0.5) is 5.69 Å². The molecule has 1 aromatic carbocycles. The largest absolute Gasteiger partial charge is 0.481 e. The van der Waals surface area contributed by atoms with Crippen LogP contribution in [-0.4, -0.2) is 21.6 Å². The second kappa shape index (κ2) is 7.26. The van der Waals surface area contributed by atoms with Crippen molar-refractivity contribution < 1.29 is 14.7 Å². The first-order valence-electron chi connectivity index (χ1n) is 6.97. The van der Waals surface area contributed by atoms with E-state index < -0.39 is 5.97 Å². The smallest absolute Gasteiger partial charge is 0.303 e. The third-order valence-corrected chi connectivity index (χ3v) is 3.71. The Kier molecular flexibility index (Phi) is 5.38. The normalized spacial score (nSPS) is 10.5. The fourth-order valence-corrected chi connectivity index (χ4v) is 2.59. The van der Waals surface area contributed by atoms with Crippen molar-refractivity contribution in [1.29, 1.82) is 0 Å². The number of aromatic nitrogens is 1. The molecule has 0 unspecified atom stereocenters. The number of carbonyl (C=O) groups excluding carboxylic acids is 1. The molecule has 6 heteroatoms. The lowest BCUT2D eigenvalue weighted by Crippen LogP contribution is -2.16. The lowest BCUT2D eigenvalue weighted by atomic mass is 10.1. The molecule has 2 N–H and O–H groups in total. The molecule has 0 aliphatic heterocycles. The summed E-state index contributed by atoms with van der Waals surface area (Å²) in [6.07, 6.45) is 2.45. The zero-order chi connectivity index (χ0) is 16.1. The molecule has 0 radical (unpaired) electrons. The molecule has 0 saturated carbocycles. The molecule has 2 rings (SSSR count). The highest BCUT2D eigenvalue weighted by Gasteiger charge is 2.12. The number of benzene rings is 1. The first kappa shape index (κ1) is 16.3. The summed E-state index contributed by atoms with van der Waals surface area (Å²) in [6, 6.07) is 8.99. The SMILES string of the molecule is CCn1cc(Br)cc1C(=O)Nc1ccc(CCC(=O)O)cc1. The number of anilines is 1. The van der Waals surface area contributed by atoms with Crippen molar-refractivity contribution in [3.63, 3.8) is 0 Å². The van der Waals surface area contributed by atoms with Gasteiger partial charge in [-0.2, -0.15) is 0 Å². The molecule has 0 bridgehead atoms. The van der Waals surface area contributed by atoms with Crippen LogP contribution in [0.25, 0.3) is 0 Å². The van der Waals surface area contributed by atoms with Crippen molar-refractivity contribution in [2.24, 2.45) is 0 Å². The maximum absolute atomic E-state index is 12.3. The number of hydrogen-bond donors (Lipinski definition) is 2.